The highest BCUT2D eigenvalue weighted by Crippen LogP contribution is 2.22. The van der Waals surface area contributed by atoms with Crippen molar-refractivity contribution in [1.29, 1.82) is 0 Å². The number of nitrogens with one attached hydrogen (secondary N) is 2. The molecule has 0 fully saturated rings. The molecule has 3 aromatic rings. The third-order valence-electron chi connectivity index (χ3n) is 2.76. The van der Waals surface area contributed by atoms with Crippen LogP contribution in [-0.4, -0.2) is 16.0 Å². The van der Waals surface area contributed by atoms with Gasteiger partial charge in [0.05, 0.1) is 5.56 Å². The van der Waals surface area contributed by atoms with Crippen LogP contribution in [0.3, 0.4) is 0 Å². The molecule has 0 unspecified atom stereocenters. The fourth-order valence-corrected chi connectivity index (χ4v) is 2.07. The number of aromatic nitrogens is 2. The van der Waals surface area contributed by atoms with Crippen LogP contribution in [0.4, 0.5) is 5.82 Å². The van der Waals surface area contributed by atoms with Gasteiger partial charge in [0.15, 0.2) is 5.82 Å². The first-order valence-electron chi connectivity index (χ1n) is 5.65. The van der Waals surface area contributed by atoms with Crippen LogP contribution in [0.2, 0.25) is 5.02 Å². The Morgan fingerprint density at radius 3 is 3.00 bits per heavy atom. The lowest BCUT2D eigenvalue weighted by Crippen LogP contribution is -2.11. The molecule has 1 amide bonds. The van der Waals surface area contributed by atoms with Gasteiger partial charge in [-0.15, -0.1) is 0 Å². The average molecular weight is 276 g/mol. The van der Waals surface area contributed by atoms with Crippen molar-refractivity contribution in [3.8, 4) is 0 Å². The molecular formula is C13H10ClN3O2. The normalized spacial score (nSPS) is 10.8. The van der Waals surface area contributed by atoms with Gasteiger partial charge >= 0.3 is 0 Å². The Labute approximate surface area is 113 Å². The number of benzene rings is 1. The molecule has 2 N–H and O–H groups in total. The fraction of sp³-hybridized carbons (Fsp3) is 0.0769. The Morgan fingerprint density at radius 2 is 2.26 bits per heavy atom. The number of aromatic amines is 1. The summed E-state index contributed by atoms with van der Waals surface area (Å²) >= 11 is 5.90. The number of H-pyrrole nitrogens is 1. The molecule has 1 aromatic carbocycles. The zero-order valence-electron chi connectivity index (χ0n) is 10.0. The van der Waals surface area contributed by atoms with Gasteiger partial charge in [-0.3, -0.25) is 4.79 Å². The van der Waals surface area contributed by atoms with Gasteiger partial charge in [-0.25, -0.2) is 0 Å². The maximum absolute atomic E-state index is 12.1. The molecule has 3 rings (SSSR count). The molecule has 0 radical (unpaired) electrons. The predicted octanol–water partition coefficient (Wildman–Crippen LogP) is 3.37. The van der Waals surface area contributed by atoms with Gasteiger partial charge in [-0.1, -0.05) is 22.8 Å². The third kappa shape index (κ3) is 2.20. The van der Waals surface area contributed by atoms with Crippen LogP contribution < -0.4 is 5.32 Å². The quantitative estimate of drug-likeness (QED) is 0.753. The molecule has 2 heterocycles. The zero-order chi connectivity index (χ0) is 13.4. The predicted molar refractivity (Wildman–Crippen MR) is 72.5 cm³/mol. The maximum atomic E-state index is 12.1. The van der Waals surface area contributed by atoms with E-state index in [0.717, 1.165) is 10.9 Å². The molecular weight excluding hydrogens is 266 g/mol. The van der Waals surface area contributed by atoms with Crippen LogP contribution in [0, 0.1) is 6.92 Å². The van der Waals surface area contributed by atoms with E-state index in [1.54, 1.807) is 37.4 Å². The lowest BCUT2D eigenvalue weighted by Gasteiger charge is -1.99. The van der Waals surface area contributed by atoms with Crippen LogP contribution in [-0.2, 0) is 0 Å². The van der Waals surface area contributed by atoms with Crippen molar-refractivity contribution in [1.82, 2.24) is 10.1 Å². The van der Waals surface area contributed by atoms with E-state index in [9.17, 15) is 4.79 Å². The van der Waals surface area contributed by atoms with E-state index in [1.165, 1.54) is 0 Å². The molecule has 0 saturated carbocycles. The number of aryl methyl sites for hydroxylation is 1. The highest BCUT2D eigenvalue weighted by Gasteiger charge is 2.13. The molecule has 6 heteroatoms. The molecule has 0 atom stereocenters. The van der Waals surface area contributed by atoms with Crippen molar-refractivity contribution in [2.75, 3.05) is 5.32 Å². The molecule has 5 nitrogen and oxygen atoms in total. The van der Waals surface area contributed by atoms with Gasteiger partial charge < -0.3 is 14.8 Å². The number of rotatable bonds is 2. The average Bonchev–Trinajstić information content (AvgIpc) is 2.95. The van der Waals surface area contributed by atoms with Gasteiger partial charge in [-0.2, -0.15) is 0 Å². The van der Waals surface area contributed by atoms with E-state index in [0.29, 0.717) is 22.2 Å². The first-order valence-corrected chi connectivity index (χ1v) is 6.02. The number of halogens is 1. The molecule has 0 aliphatic carbocycles. The highest BCUT2D eigenvalue weighted by molar-refractivity contribution is 6.31. The second-order valence-corrected chi connectivity index (χ2v) is 4.61. The smallest absolute Gasteiger partial charge is 0.259 e. The molecule has 0 aliphatic rings. The van der Waals surface area contributed by atoms with Crippen molar-refractivity contribution in [3.63, 3.8) is 0 Å². The zero-order valence-corrected chi connectivity index (χ0v) is 10.8. The lowest BCUT2D eigenvalue weighted by atomic mass is 10.1. The monoisotopic (exact) mass is 275 g/mol. The summed E-state index contributed by atoms with van der Waals surface area (Å²) in [5.41, 5.74) is 1.35. The molecule has 96 valence electrons. The summed E-state index contributed by atoms with van der Waals surface area (Å²) in [7, 11) is 0. The Bertz CT molecular complexity index is 760. The van der Waals surface area contributed by atoms with Gasteiger partial charge in [0.25, 0.3) is 5.91 Å². The summed E-state index contributed by atoms with van der Waals surface area (Å²) in [4.78, 5) is 15.1. The highest BCUT2D eigenvalue weighted by atomic mass is 35.5. The van der Waals surface area contributed by atoms with E-state index in [-0.39, 0.29) is 5.91 Å². The summed E-state index contributed by atoms with van der Waals surface area (Å²) < 4.78 is 4.90. The Kier molecular flexibility index (Phi) is 2.76. The van der Waals surface area contributed by atoms with Crippen molar-refractivity contribution in [3.05, 3.63) is 46.8 Å². The first kappa shape index (κ1) is 11.8. The number of amides is 1. The Balaban J connectivity index is 1.93. The largest absolute Gasteiger partial charge is 0.360 e. The van der Waals surface area contributed by atoms with E-state index in [4.69, 9.17) is 16.1 Å². The third-order valence-corrected chi connectivity index (χ3v) is 2.99. The van der Waals surface area contributed by atoms with Gasteiger partial charge in [0.1, 0.15) is 5.76 Å². The number of anilines is 1. The summed E-state index contributed by atoms with van der Waals surface area (Å²) in [5, 5.41) is 7.82. The van der Waals surface area contributed by atoms with Gasteiger partial charge in [-0.05, 0) is 19.1 Å². The number of nitrogens with zero attached hydrogens (tertiary/aromatic N) is 1. The lowest BCUT2D eigenvalue weighted by molar-refractivity contribution is 0.102. The van der Waals surface area contributed by atoms with Crippen molar-refractivity contribution in [2.24, 2.45) is 0 Å². The Morgan fingerprint density at radius 1 is 1.42 bits per heavy atom. The number of hydrogen-bond donors (Lipinski definition) is 2. The maximum Gasteiger partial charge on any atom is 0.259 e. The molecule has 0 spiro atoms. The second kappa shape index (κ2) is 4.44. The van der Waals surface area contributed by atoms with E-state index in [1.807, 2.05) is 0 Å². The van der Waals surface area contributed by atoms with Crippen molar-refractivity contribution in [2.45, 2.75) is 6.92 Å². The minimum atomic E-state index is -0.248. The molecule has 19 heavy (non-hydrogen) atoms. The molecule has 2 aromatic heterocycles. The van der Waals surface area contributed by atoms with Crippen LogP contribution in [0.25, 0.3) is 10.9 Å². The minimum Gasteiger partial charge on any atom is -0.360 e. The Hall–Kier alpha value is -2.27. The second-order valence-electron chi connectivity index (χ2n) is 4.17. The molecule has 0 saturated heterocycles. The minimum absolute atomic E-state index is 0.248. The van der Waals surface area contributed by atoms with Gasteiger partial charge in [0.2, 0.25) is 0 Å². The van der Waals surface area contributed by atoms with Crippen LogP contribution in [0.1, 0.15) is 16.1 Å². The SMILES string of the molecule is Cc1cc(NC(=O)c2c[nH]c3cc(Cl)ccc23)no1. The number of fused-ring (bicyclic) bond motifs is 1. The topological polar surface area (TPSA) is 70.9 Å². The molecule has 0 aliphatic heterocycles. The van der Waals surface area contributed by atoms with Gasteiger partial charge in [0, 0.05) is 28.2 Å². The van der Waals surface area contributed by atoms with E-state index in [2.05, 4.69) is 15.5 Å². The van der Waals surface area contributed by atoms with Crippen molar-refractivity contribution >= 4 is 34.2 Å². The number of carbonyl (C=O) groups is 1. The first-order chi connectivity index (χ1) is 9.13. The molecule has 0 bridgehead atoms. The summed E-state index contributed by atoms with van der Waals surface area (Å²) in [6.45, 7) is 1.76. The van der Waals surface area contributed by atoms with Crippen LogP contribution in [0.5, 0.6) is 0 Å². The van der Waals surface area contributed by atoms with Crippen LogP contribution in [0.15, 0.2) is 35.0 Å². The number of carbonyl (C=O) groups excluding carboxylic acids is 1. The van der Waals surface area contributed by atoms with Crippen molar-refractivity contribution < 1.29 is 9.32 Å². The van der Waals surface area contributed by atoms with Crippen LogP contribution >= 0.6 is 11.6 Å². The van der Waals surface area contributed by atoms with E-state index < -0.39 is 0 Å². The summed E-state index contributed by atoms with van der Waals surface area (Å²) in [5.74, 6) is 0.786. The number of hydrogen-bond acceptors (Lipinski definition) is 3. The standard InChI is InChI=1S/C13H10ClN3O2/c1-7-4-12(17-19-7)16-13(18)10-6-15-11-5-8(14)2-3-9(10)11/h2-6,15H,1H3,(H,16,17,18). The summed E-state index contributed by atoms with van der Waals surface area (Å²) in [6.07, 6.45) is 1.64. The summed E-state index contributed by atoms with van der Waals surface area (Å²) in [6, 6.07) is 6.98. The van der Waals surface area contributed by atoms with E-state index >= 15 is 0 Å². The fourth-order valence-electron chi connectivity index (χ4n) is 1.90.